The molecule has 0 bridgehead atoms. The molecule has 0 radical (unpaired) electrons. The van der Waals surface area contributed by atoms with Gasteiger partial charge in [0.25, 0.3) is 0 Å². The van der Waals surface area contributed by atoms with E-state index in [1.54, 1.807) is 0 Å². The summed E-state index contributed by atoms with van der Waals surface area (Å²) in [5.74, 6) is 0.133. The molecule has 1 aromatic carbocycles. The minimum Gasteiger partial charge on any atom is -0.350 e. The molecule has 1 saturated heterocycles. The second-order valence-electron chi connectivity index (χ2n) is 8.13. The first kappa shape index (κ1) is 20.2. The number of nitrogens with one attached hydrogen (secondary N) is 1. The third-order valence-corrected chi connectivity index (χ3v) is 6.61. The molecule has 3 aromatic rings. The number of H-pyrrole nitrogens is 1. The first-order valence-electron chi connectivity index (χ1n) is 9.87. The van der Waals surface area contributed by atoms with Crippen LogP contribution in [-0.4, -0.2) is 38.2 Å². The summed E-state index contributed by atoms with van der Waals surface area (Å²) < 4.78 is 24.6. The van der Waals surface area contributed by atoms with E-state index < -0.39 is 16.6 Å². The fraction of sp³-hybridized carbons (Fsp3) is 0.455. The summed E-state index contributed by atoms with van der Waals surface area (Å²) in [4.78, 5) is 12.2. The topological polar surface area (TPSA) is 77.1 Å². The highest BCUT2D eigenvalue weighted by molar-refractivity contribution is 7.84. The minimum atomic E-state index is -1.29. The van der Waals surface area contributed by atoms with Crippen molar-refractivity contribution in [2.24, 2.45) is 5.92 Å². The summed E-state index contributed by atoms with van der Waals surface area (Å²) in [6.07, 6.45) is 2.74. The molecule has 6 nitrogen and oxygen atoms in total. The van der Waals surface area contributed by atoms with Crippen molar-refractivity contribution in [2.75, 3.05) is 13.2 Å². The molecule has 0 saturated carbocycles. The lowest BCUT2D eigenvalue weighted by molar-refractivity contribution is -0.261. The van der Waals surface area contributed by atoms with Crippen molar-refractivity contribution in [2.45, 2.75) is 50.8 Å². The fourth-order valence-corrected chi connectivity index (χ4v) is 4.74. The van der Waals surface area contributed by atoms with Crippen molar-refractivity contribution in [3.63, 3.8) is 0 Å². The van der Waals surface area contributed by atoms with Gasteiger partial charge in [0.2, 0.25) is 0 Å². The van der Waals surface area contributed by atoms with Crippen LogP contribution in [0.1, 0.15) is 36.2 Å². The van der Waals surface area contributed by atoms with Gasteiger partial charge in [-0.25, -0.2) is 4.98 Å². The highest BCUT2D eigenvalue weighted by atomic mass is 32.2. The lowest BCUT2D eigenvalue weighted by atomic mass is 9.93. The Balaban J connectivity index is 1.52. The van der Waals surface area contributed by atoms with E-state index in [1.165, 1.54) is 5.56 Å². The van der Waals surface area contributed by atoms with Gasteiger partial charge in [0, 0.05) is 12.1 Å². The average Bonchev–Trinajstić information content (AvgIpc) is 3.13. The number of nitrogens with zero attached hydrogens (tertiary/aromatic N) is 2. The largest absolute Gasteiger partial charge is 0.350 e. The average molecular weight is 414 g/mol. The molecule has 2 aromatic heterocycles. The molecule has 29 heavy (non-hydrogen) atoms. The molecule has 4 rings (SSSR count). The van der Waals surface area contributed by atoms with Crippen molar-refractivity contribution >= 4 is 21.8 Å². The third-order valence-electron chi connectivity index (χ3n) is 5.45. The smallest absolute Gasteiger partial charge is 0.197 e. The minimum absolute atomic E-state index is 0.302. The summed E-state index contributed by atoms with van der Waals surface area (Å²) >= 11 is 0. The van der Waals surface area contributed by atoms with Crippen LogP contribution in [0.25, 0.3) is 11.0 Å². The van der Waals surface area contributed by atoms with Crippen molar-refractivity contribution in [3.05, 3.63) is 52.8 Å². The number of hydrogen-bond acceptors (Lipinski definition) is 5. The maximum absolute atomic E-state index is 12.9. The Morgan fingerprint density at radius 3 is 2.66 bits per heavy atom. The number of pyridine rings is 1. The molecule has 0 aliphatic carbocycles. The van der Waals surface area contributed by atoms with Crippen molar-refractivity contribution in [1.82, 2.24) is 15.0 Å². The second kappa shape index (κ2) is 7.97. The summed E-state index contributed by atoms with van der Waals surface area (Å²) in [6, 6.07) is 7.71. The van der Waals surface area contributed by atoms with Gasteiger partial charge in [-0.15, -0.1) is 0 Å². The number of hydrogen-bond donors (Lipinski definition) is 1. The highest BCUT2D eigenvalue weighted by Gasteiger charge is 2.29. The van der Waals surface area contributed by atoms with E-state index in [1.807, 2.05) is 44.3 Å². The third kappa shape index (κ3) is 4.42. The van der Waals surface area contributed by atoms with Gasteiger partial charge in [-0.3, -0.25) is 9.19 Å². The van der Waals surface area contributed by atoms with Gasteiger partial charge in [-0.2, -0.15) is 0 Å². The first-order chi connectivity index (χ1) is 13.8. The van der Waals surface area contributed by atoms with E-state index in [9.17, 15) is 4.21 Å². The molecule has 1 atom stereocenters. The molecule has 1 unspecified atom stereocenters. The zero-order chi connectivity index (χ0) is 20.6. The molecule has 0 amide bonds. The van der Waals surface area contributed by atoms with E-state index in [4.69, 9.17) is 9.47 Å². The molecule has 1 N–H and O–H groups in total. The Morgan fingerprint density at radius 2 is 1.93 bits per heavy atom. The number of rotatable bonds is 5. The summed E-state index contributed by atoms with van der Waals surface area (Å²) in [6.45, 7) is 9.37. The van der Waals surface area contributed by atoms with E-state index in [0.717, 1.165) is 34.3 Å². The van der Waals surface area contributed by atoms with Gasteiger partial charge >= 0.3 is 0 Å². The molecule has 0 spiro atoms. The number of aromatic amines is 1. The van der Waals surface area contributed by atoms with Crippen LogP contribution in [0.5, 0.6) is 0 Å². The molecule has 7 heteroatoms. The number of fused-ring (bicyclic) bond motifs is 1. The Morgan fingerprint density at radius 1 is 1.21 bits per heavy atom. The second-order valence-corrected chi connectivity index (χ2v) is 9.50. The van der Waals surface area contributed by atoms with Crippen LogP contribution in [0.3, 0.4) is 0 Å². The number of benzene rings is 1. The molecule has 1 aliphatic rings. The van der Waals surface area contributed by atoms with E-state index in [-0.39, 0.29) is 0 Å². The summed E-state index contributed by atoms with van der Waals surface area (Å²) in [5.41, 5.74) is 6.05. The Labute approximate surface area is 173 Å². The Hall–Kier alpha value is -2.09. The van der Waals surface area contributed by atoms with Crippen LogP contribution in [-0.2, 0) is 32.4 Å². The van der Waals surface area contributed by atoms with E-state index in [2.05, 4.69) is 28.8 Å². The number of para-hydroxylation sites is 2. The number of aryl methyl sites for hydroxylation is 1. The predicted octanol–water partition coefficient (Wildman–Crippen LogP) is 3.82. The molecular formula is C22H27N3O3S. The lowest BCUT2D eigenvalue weighted by Gasteiger charge is -2.35. The van der Waals surface area contributed by atoms with Crippen LogP contribution in [0.2, 0.25) is 0 Å². The monoisotopic (exact) mass is 413 g/mol. The zero-order valence-corrected chi connectivity index (χ0v) is 18.1. The molecule has 1 fully saturated rings. The van der Waals surface area contributed by atoms with E-state index in [0.29, 0.717) is 30.0 Å². The van der Waals surface area contributed by atoms with Crippen LogP contribution < -0.4 is 0 Å². The van der Waals surface area contributed by atoms with Gasteiger partial charge in [0.05, 0.1) is 46.5 Å². The number of imidazole rings is 1. The zero-order valence-electron chi connectivity index (χ0n) is 17.3. The molecule has 3 heterocycles. The lowest BCUT2D eigenvalue weighted by Crippen LogP contribution is -2.40. The van der Waals surface area contributed by atoms with Gasteiger partial charge in [-0.05, 0) is 62.9 Å². The maximum atomic E-state index is 12.9. The number of aromatic nitrogens is 3. The van der Waals surface area contributed by atoms with Crippen molar-refractivity contribution in [1.29, 1.82) is 0 Å². The highest BCUT2D eigenvalue weighted by Crippen LogP contribution is 2.27. The molecule has 1 aliphatic heterocycles. The van der Waals surface area contributed by atoms with Crippen LogP contribution in [0, 0.1) is 19.8 Å². The van der Waals surface area contributed by atoms with Gasteiger partial charge < -0.3 is 14.5 Å². The Kier molecular flexibility index (Phi) is 5.55. The summed E-state index contributed by atoms with van der Waals surface area (Å²) in [7, 11) is -1.29. The molecular weight excluding hydrogens is 386 g/mol. The van der Waals surface area contributed by atoms with Crippen molar-refractivity contribution < 1.29 is 13.7 Å². The maximum Gasteiger partial charge on any atom is 0.197 e. The molecule has 154 valence electrons. The SMILES string of the molecule is Cc1cnc(CS(=O)c2nc3ccccc3[nH]2)c(C)c1CC1COC(C)(C)OC1. The van der Waals surface area contributed by atoms with Gasteiger partial charge in [-0.1, -0.05) is 12.1 Å². The fourth-order valence-electron chi connectivity index (χ4n) is 3.64. The number of ether oxygens (including phenoxy) is 2. The van der Waals surface area contributed by atoms with E-state index >= 15 is 0 Å². The van der Waals surface area contributed by atoms with Gasteiger partial charge in [0.1, 0.15) is 0 Å². The quantitative estimate of drug-likeness (QED) is 0.688. The first-order valence-corrected chi connectivity index (χ1v) is 11.2. The normalized spacial score (nSPS) is 18.2. The Bertz CT molecular complexity index is 1020. The van der Waals surface area contributed by atoms with Crippen molar-refractivity contribution in [3.8, 4) is 0 Å². The predicted molar refractivity (Wildman–Crippen MR) is 113 cm³/mol. The van der Waals surface area contributed by atoms with Crippen LogP contribution in [0.4, 0.5) is 0 Å². The van der Waals surface area contributed by atoms with Crippen LogP contribution >= 0.6 is 0 Å². The van der Waals surface area contributed by atoms with Crippen LogP contribution in [0.15, 0.2) is 35.6 Å². The van der Waals surface area contributed by atoms with Gasteiger partial charge in [0.15, 0.2) is 10.9 Å². The summed E-state index contributed by atoms with van der Waals surface area (Å²) in [5, 5.41) is 0.492. The standard InChI is InChI=1S/C22H27N3O3S/c1-14-10-23-20(13-29(26)21-24-18-7-5-6-8-19(18)25-21)15(2)17(14)9-16-11-27-22(3,4)28-12-16/h5-8,10,16H,9,11-13H2,1-4H3,(H,24,25).